The molecule has 1 heterocycles. The summed E-state index contributed by atoms with van der Waals surface area (Å²) < 4.78 is 1.86. The van der Waals surface area contributed by atoms with Gasteiger partial charge >= 0.3 is 0 Å². The van der Waals surface area contributed by atoms with Gasteiger partial charge in [-0.05, 0) is 13.0 Å². The number of rotatable bonds is 2. The van der Waals surface area contributed by atoms with E-state index in [0.29, 0.717) is 4.99 Å². The topological polar surface area (TPSA) is 29.9 Å². The Bertz CT molecular complexity index is 502. The van der Waals surface area contributed by atoms with Crippen LogP contribution in [0.15, 0.2) is 24.3 Å². The lowest BCUT2D eigenvalue weighted by Gasteiger charge is -2.01. The fourth-order valence-electron chi connectivity index (χ4n) is 1.63. The summed E-state index contributed by atoms with van der Waals surface area (Å²) in [6.45, 7) is 2.85. The van der Waals surface area contributed by atoms with Gasteiger partial charge in [-0.2, -0.15) is 5.10 Å². The molecule has 0 saturated heterocycles. The molecule has 0 bridgehead atoms. The van der Waals surface area contributed by atoms with Gasteiger partial charge in [-0.1, -0.05) is 30.4 Å². The number of hydrogen-bond acceptors (Lipinski definition) is 2. The highest BCUT2D eigenvalue weighted by Crippen LogP contribution is 2.17. The number of aromatic nitrogens is 2. The van der Waals surface area contributed by atoms with Gasteiger partial charge < -0.3 is 5.32 Å². The summed E-state index contributed by atoms with van der Waals surface area (Å²) in [7, 11) is 1.93. The van der Waals surface area contributed by atoms with E-state index in [1.54, 1.807) is 0 Å². The quantitative estimate of drug-likeness (QED) is 0.782. The number of nitrogens with zero attached hydrogens (tertiary/aromatic N) is 2. The number of nitrogens with one attached hydrogen (secondary N) is 1. The van der Waals surface area contributed by atoms with Crippen LogP contribution in [0.2, 0.25) is 0 Å². The van der Waals surface area contributed by atoms with Gasteiger partial charge in [0.2, 0.25) is 0 Å². The first-order chi connectivity index (χ1) is 7.24. The van der Waals surface area contributed by atoms with Crippen molar-refractivity contribution in [2.45, 2.75) is 6.92 Å². The number of fused-ring (bicyclic) bond motifs is 1. The molecule has 0 spiro atoms. The molecule has 2 rings (SSSR count). The lowest BCUT2D eigenvalue weighted by molar-refractivity contribution is 0.791. The molecule has 0 saturated carbocycles. The maximum atomic E-state index is 5.27. The lowest BCUT2D eigenvalue weighted by Crippen LogP contribution is -2.22. The summed E-state index contributed by atoms with van der Waals surface area (Å²) in [6, 6.07) is 8.09. The average Bonchev–Trinajstić information content (AvgIpc) is 2.58. The van der Waals surface area contributed by atoms with E-state index in [1.807, 2.05) is 42.9 Å². The van der Waals surface area contributed by atoms with Crippen molar-refractivity contribution >= 4 is 28.1 Å². The number of para-hydroxylation sites is 1. The number of hydrogen-bond donors (Lipinski definition) is 1. The Morgan fingerprint density at radius 1 is 1.47 bits per heavy atom. The molecule has 0 radical (unpaired) electrons. The van der Waals surface area contributed by atoms with E-state index in [1.165, 1.54) is 0 Å². The van der Waals surface area contributed by atoms with Crippen molar-refractivity contribution in [3.05, 3.63) is 30.0 Å². The Morgan fingerprint density at radius 3 is 2.93 bits per heavy atom. The molecule has 0 aliphatic carbocycles. The minimum Gasteiger partial charge on any atom is -0.375 e. The zero-order valence-electron chi connectivity index (χ0n) is 8.82. The number of thiocarbonyl (C=S) groups is 1. The normalized spacial score (nSPS) is 10.5. The molecule has 1 N–H and O–H groups in total. The van der Waals surface area contributed by atoms with Crippen molar-refractivity contribution in [1.29, 1.82) is 0 Å². The predicted molar refractivity (Wildman–Crippen MR) is 66.1 cm³/mol. The van der Waals surface area contributed by atoms with Crippen molar-refractivity contribution in [2.24, 2.45) is 7.05 Å². The third-order valence-corrected chi connectivity index (χ3v) is 2.65. The minimum absolute atomic E-state index is 0.717. The van der Waals surface area contributed by atoms with Crippen LogP contribution in [0.1, 0.15) is 12.6 Å². The van der Waals surface area contributed by atoms with Crippen molar-refractivity contribution < 1.29 is 0 Å². The molecule has 0 amide bonds. The summed E-state index contributed by atoms with van der Waals surface area (Å²) in [5.41, 5.74) is 1.97. The zero-order chi connectivity index (χ0) is 10.8. The fourth-order valence-corrected chi connectivity index (χ4v) is 1.92. The highest BCUT2D eigenvalue weighted by molar-refractivity contribution is 7.80. The second-order valence-corrected chi connectivity index (χ2v) is 3.76. The second kappa shape index (κ2) is 3.98. The Labute approximate surface area is 94.1 Å². The molecule has 2 aromatic rings. The van der Waals surface area contributed by atoms with Gasteiger partial charge in [0.15, 0.2) is 0 Å². The maximum Gasteiger partial charge on any atom is 0.127 e. The average molecular weight is 219 g/mol. The molecule has 78 valence electrons. The Hall–Kier alpha value is -1.42. The first kappa shape index (κ1) is 10.1. The highest BCUT2D eigenvalue weighted by atomic mass is 32.1. The third-order valence-electron chi connectivity index (χ3n) is 2.31. The third kappa shape index (κ3) is 1.72. The van der Waals surface area contributed by atoms with Crippen molar-refractivity contribution in [1.82, 2.24) is 15.1 Å². The van der Waals surface area contributed by atoms with Gasteiger partial charge in [0.1, 0.15) is 10.7 Å². The van der Waals surface area contributed by atoms with Crippen LogP contribution in [0.5, 0.6) is 0 Å². The van der Waals surface area contributed by atoms with Crippen LogP contribution in [0.4, 0.5) is 0 Å². The summed E-state index contributed by atoms with van der Waals surface area (Å²) in [5.74, 6) is 0. The molecular weight excluding hydrogens is 206 g/mol. The Kier molecular flexibility index (Phi) is 2.68. The van der Waals surface area contributed by atoms with E-state index in [2.05, 4.69) is 10.4 Å². The van der Waals surface area contributed by atoms with Crippen LogP contribution < -0.4 is 5.32 Å². The van der Waals surface area contributed by atoms with Gasteiger partial charge in [-0.25, -0.2) is 0 Å². The number of aryl methyl sites for hydroxylation is 1. The summed E-state index contributed by atoms with van der Waals surface area (Å²) in [5, 5.41) is 8.65. The van der Waals surface area contributed by atoms with Crippen molar-refractivity contribution in [2.75, 3.05) is 6.54 Å². The van der Waals surface area contributed by atoms with E-state index in [0.717, 1.165) is 23.1 Å². The van der Waals surface area contributed by atoms with E-state index in [4.69, 9.17) is 12.2 Å². The van der Waals surface area contributed by atoms with Gasteiger partial charge in [0, 0.05) is 19.0 Å². The summed E-state index contributed by atoms with van der Waals surface area (Å²) in [4.78, 5) is 0.717. The molecule has 0 fully saturated rings. The SMILES string of the molecule is CCNC(=S)c1nn(C)c2ccccc12. The van der Waals surface area contributed by atoms with Crippen LogP contribution >= 0.6 is 12.2 Å². The Morgan fingerprint density at radius 2 is 2.20 bits per heavy atom. The molecule has 0 unspecified atom stereocenters. The highest BCUT2D eigenvalue weighted by Gasteiger charge is 2.10. The maximum absolute atomic E-state index is 5.27. The first-order valence-electron chi connectivity index (χ1n) is 4.94. The molecule has 0 atom stereocenters. The van der Waals surface area contributed by atoms with Crippen LogP contribution in [0.25, 0.3) is 10.9 Å². The molecule has 1 aromatic carbocycles. The van der Waals surface area contributed by atoms with Gasteiger partial charge in [-0.3, -0.25) is 4.68 Å². The fraction of sp³-hybridized carbons (Fsp3) is 0.273. The molecule has 15 heavy (non-hydrogen) atoms. The van der Waals surface area contributed by atoms with Crippen LogP contribution in [0, 0.1) is 0 Å². The van der Waals surface area contributed by atoms with Gasteiger partial charge in [0.25, 0.3) is 0 Å². The van der Waals surface area contributed by atoms with Crippen LogP contribution in [-0.4, -0.2) is 21.3 Å². The summed E-state index contributed by atoms with van der Waals surface area (Å²) >= 11 is 5.27. The molecule has 0 aliphatic rings. The molecule has 4 heteroatoms. The van der Waals surface area contributed by atoms with Crippen molar-refractivity contribution in [3.8, 4) is 0 Å². The van der Waals surface area contributed by atoms with E-state index < -0.39 is 0 Å². The molecule has 3 nitrogen and oxygen atoms in total. The monoisotopic (exact) mass is 219 g/mol. The van der Waals surface area contributed by atoms with E-state index in [-0.39, 0.29) is 0 Å². The summed E-state index contributed by atoms with van der Waals surface area (Å²) in [6.07, 6.45) is 0. The predicted octanol–water partition coefficient (Wildman–Crippen LogP) is 1.86. The second-order valence-electron chi connectivity index (χ2n) is 3.35. The van der Waals surface area contributed by atoms with Crippen LogP contribution in [0.3, 0.4) is 0 Å². The van der Waals surface area contributed by atoms with E-state index >= 15 is 0 Å². The van der Waals surface area contributed by atoms with E-state index in [9.17, 15) is 0 Å². The van der Waals surface area contributed by atoms with Gasteiger partial charge in [0.05, 0.1) is 5.52 Å². The molecule has 0 aliphatic heterocycles. The smallest absolute Gasteiger partial charge is 0.127 e. The Balaban J connectivity index is 2.57. The standard InChI is InChI=1S/C11H13N3S/c1-3-12-11(15)10-8-6-4-5-7-9(8)14(2)13-10/h4-7H,3H2,1-2H3,(H,12,15). The van der Waals surface area contributed by atoms with Crippen LogP contribution in [-0.2, 0) is 7.05 Å². The molecule has 1 aromatic heterocycles. The largest absolute Gasteiger partial charge is 0.375 e. The molecular formula is C11H13N3S. The zero-order valence-corrected chi connectivity index (χ0v) is 9.64. The lowest BCUT2D eigenvalue weighted by atomic mass is 10.2. The first-order valence-corrected chi connectivity index (χ1v) is 5.34. The number of benzene rings is 1. The van der Waals surface area contributed by atoms with Gasteiger partial charge in [-0.15, -0.1) is 0 Å². The van der Waals surface area contributed by atoms with Crippen molar-refractivity contribution in [3.63, 3.8) is 0 Å². The minimum atomic E-state index is 0.717.